The minimum atomic E-state index is -0.161. The Morgan fingerprint density at radius 2 is 2.12 bits per heavy atom. The van der Waals surface area contributed by atoms with E-state index in [-0.39, 0.29) is 11.7 Å². The number of aromatic nitrogens is 2. The highest BCUT2D eigenvalue weighted by atomic mass is 16.5. The van der Waals surface area contributed by atoms with Crippen molar-refractivity contribution in [2.75, 3.05) is 31.5 Å². The third-order valence-corrected chi connectivity index (χ3v) is 5.08. The fraction of sp³-hybridized carbons (Fsp3) is 0.474. The summed E-state index contributed by atoms with van der Waals surface area (Å²) in [7, 11) is 0. The van der Waals surface area contributed by atoms with E-state index in [0.29, 0.717) is 36.8 Å². The van der Waals surface area contributed by atoms with Crippen molar-refractivity contribution in [2.24, 2.45) is 0 Å². The summed E-state index contributed by atoms with van der Waals surface area (Å²) in [6, 6.07) is 7.78. The number of H-pyrrole nitrogens is 1. The Balaban J connectivity index is 1.42. The molecule has 2 aromatic rings. The van der Waals surface area contributed by atoms with Crippen molar-refractivity contribution in [3.8, 4) is 5.75 Å². The maximum Gasteiger partial charge on any atom is 0.256 e. The molecule has 2 aliphatic heterocycles. The summed E-state index contributed by atoms with van der Waals surface area (Å²) < 4.78 is 5.82. The molecule has 1 aromatic carbocycles. The maximum absolute atomic E-state index is 12.5. The van der Waals surface area contributed by atoms with Crippen molar-refractivity contribution in [1.29, 1.82) is 0 Å². The molecule has 1 saturated heterocycles. The molecule has 4 rings (SSSR count). The van der Waals surface area contributed by atoms with Gasteiger partial charge in [-0.2, -0.15) is 0 Å². The summed E-state index contributed by atoms with van der Waals surface area (Å²) in [5, 5.41) is 12.8. The van der Waals surface area contributed by atoms with Gasteiger partial charge in [-0.1, -0.05) is 18.2 Å². The average molecular weight is 356 g/mol. The molecule has 2 aliphatic rings. The number of aromatic amines is 1. The molecular weight excluding hydrogens is 332 g/mol. The van der Waals surface area contributed by atoms with E-state index in [2.05, 4.69) is 20.2 Å². The van der Waals surface area contributed by atoms with Gasteiger partial charge in [0.25, 0.3) is 5.56 Å². The standard InChI is InChI=1S/C19H24N4O3/c24-14-5-8-23(9-6-14)10-7-20-19-21-16-12-26-17-4-2-1-3-13(17)11-15(16)18(25)22-19/h1-4,14,24H,5-12H2,(H2,20,21,22,25). The Bertz CT molecular complexity index is 828. The van der Waals surface area contributed by atoms with Crippen LogP contribution in [0.3, 0.4) is 0 Å². The number of likely N-dealkylation sites (tertiary alicyclic amines) is 1. The maximum atomic E-state index is 12.5. The van der Waals surface area contributed by atoms with E-state index >= 15 is 0 Å². The third kappa shape index (κ3) is 3.73. The second-order valence-electron chi connectivity index (χ2n) is 6.91. The quantitative estimate of drug-likeness (QED) is 0.761. The molecule has 0 spiro atoms. The van der Waals surface area contributed by atoms with Gasteiger partial charge in [-0.3, -0.25) is 9.78 Å². The molecule has 0 saturated carbocycles. The van der Waals surface area contributed by atoms with Gasteiger partial charge in [0, 0.05) is 38.2 Å². The monoisotopic (exact) mass is 356 g/mol. The van der Waals surface area contributed by atoms with Crippen LogP contribution in [0.1, 0.15) is 29.7 Å². The number of ether oxygens (including phenoxy) is 1. The zero-order chi connectivity index (χ0) is 17.9. The fourth-order valence-electron chi connectivity index (χ4n) is 3.53. The molecule has 0 unspecified atom stereocenters. The fourth-order valence-corrected chi connectivity index (χ4v) is 3.53. The van der Waals surface area contributed by atoms with Crippen LogP contribution in [0.25, 0.3) is 0 Å². The van der Waals surface area contributed by atoms with E-state index in [9.17, 15) is 9.90 Å². The van der Waals surface area contributed by atoms with E-state index in [1.54, 1.807) is 0 Å². The lowest BCUT2D eigenvalue weighted by Gasteiger charge is -2.29. The summed E-state index contributed by atoms with van der Waals surface area (Å²) in [6.07, 6.45) is 2.02. The highest BCUT2D eigenvalue weighted by Gasteiger charge is 2.19. The average Bonchev–Trinajstić information content (AvgIpc) is 2.83. The first-order valence-corrected chi connectivity index (χ1v) is 9.16. The molecule has 0 amide bonds. The van der Waals surface area contributed by atoms with Crippen LogP contribution < -0.4 is 15.6 Å². The lowest BCUT2D eigenvalue weighted by Crippen LogP contribution is -2.38. The number of hydrogen-bond acceptors (Lipinski definition) is 6. The van der Waals surface area contributed by atoms with Gasteiger partial charge in [-0.05, 0) is 24.5 Å². The Morgan fingerprint density at radius 3 is 2.96 bits per heavy atom. The van der Waals surface area contributed by atoms with Crippen molar-refractivity contribution in [2.45, 2.75) is 32.0 Å². The van der Waals surface area contributed by atoms with Crippen LogP contribution in [0.5, 0.6) is 5.75 Å². The molecule has 138 valence electrons. The minimum absolute atomic E-state index is 0.112. The van der Waals surface area contributed by atoms with E-state index < -0.39 is 0 Å². The van der Waals surface area contributed by atoms with Crippen molar-refractivity contribution >= 4 is 5.95 Å². The Kier molecular flexibility index (Phi) is 4.90. The number of hydrogen-bond donors (Lipinski definition) is 3. The second-order valence-corrected chi connectivity index (χ2v) is 6.91. The van der Waals surface area contributed by atoms with Crippen LogP contribution in [-0.2, 0) is 13.0 Å². The normalized spacial score (nSPS) is 17.7. The van der Waals surface area contributed by atoms with Crippen molar-refractivity contribution in [1.82, 2.24) is 14.9 Å². The molecule has 7 heteroatoms. The first-order valence-electron chi connectivity index (χ1n) is 9.16. The Labute approximate surface area is 152 Å². The zero-order valence-corrected chi connectivity index (χ0v) is 14.7. The number of para-hydroxylation sites is 1. The van der Waals surface area contributed by atoms with Gasteiger partial charge in [0.05, 0.1) is 11.8 Å². The van der Waals surface area contributed by atoms with Crippen LogP contribution in [-0.4, -0.2) is 52.3 Å². The lowest BCUT2D eigenvalue weighted by molar-refractivity contribution is 0.0845. The smallest absolute Gasteiger partial charge is 0.256 e. The van der Waals surface area contributed by atoms with Crippen molar-refractivity contribution < 1.29 is 9.84 Å². The van der Waals surface area contributed by atoms with E-state index in [0.717, 1.165) is 43.8 Å². The lowest BCUT2D eigenvalue weighted by atomic mass is 10.1. The minimum Gasteiger partial charge on any atom is -0.487 e. The highest BCUT2D eigenvalue weighted by Crippen LogP contribution is 2.25. The number of aliphatic hydroxyl groups excluding tert-OH is 1. The number of anilines is 1. The van der Waals surface area contributed by atoms with Gasteiger partial charge in [0.15, 0.2) is 0 Å². The number of fused-ring (bicyclic) bond motifs is 2. The molecule has 0 radical (unpaired) electrons. The summed E-state index contributed by atoms with van der Waals surface area (Å²) >= 11 is 0. The van der Waals surface area contributed by atoms with E-state index in [1.807, 2.05) is 24.3 Å². The number of nitrogens with zero attached hydrogens (tertiary/aromatic N) is 2. The summed E-state index contributed by atoms with van der Waals surface area (Å²) in [5.74, 6) is 1.30. The van der Waals surface area contributed by atoms with Gasteiger partial charge in [-0.25, -0.2) is 4.98 Å². The number of aliphatic hydroxyl groups is 1. The molecule has 26 heavy (non-hydrogen) atoms. The number of nitrogens with one attached hydrogen (secondary N) is 2. The van der Waals surface area contributed by atoms with Gasteiger partial charge in [0.1, 0.15) is 12.4 Å². The van der Waals surface area contributed by atoms with Crippen molar-refractivity contribution in [3.05, 3.63) is 51.4 Å². The van der Waals surface area contributed by atoms with Gasteiger partial charge in [-0.15, -0.1) is 0 Å². The number of piperidine rings is 1. The predicted molar refractivity (Wildman–Crippen MR) is 98.6 cm³/mol. The van der Waals surface area contributed by atoms with Crippen LogP contribution in [0.15, 0.2) is 29.1 Å². The molecule has 0 aliphatic carbocycles. The molecule has 0 atom stereocenters. The van der Waals surface area contributed by atoms with Crippen LogP contribution >= 0.6 is 0 Å². The van der Waals surface area contributed by atoms with Crippen molar-refractivity contribution in [3.63, 3.8) is 0 Å². The highest BCUT2D eigenvalue weighted by molar-refractivity contribution is 5.41. The van der Waals surface area contributed by atoms with Crippen LogP contribution in [0.2, 0.25) is 0 Å². The first-order chi connectivity index (χ1) is 12.7. The molecule has 3 N–H and O–H groups in total. The van der Waals surface area contributed by atoms with E-state index in [1.165, 1.54) is 0 Å². The number of rotatable bonds is 4. The molecule has 0 bridgehead atoms. The molecule has 3 heterocycles. The Hall–Kier alpha value is -2.38. The predicted octanol–water partition coefficient (Wildman–Crippen LogP) is 1.12. The molecular formula is C19H24N4O3. The first kappa shape index (κ1) is 17.1. The van der Waals surface area contributed by atoms with E-state index in [4.69, 9.17) is 4.74 Å². The zero-order valence-electron chi connectivity index (χ0n) is 14.7. The molecule has 1 fully saturated rings. The SMILES string of the molecule is O=c1[nH]c(NCCN2CCC(O)CC2)nc2c1Cc1ccccc1OC2. The summed E-state index contributed by atoms with van der Waals surface area (Å²) in [5.41, 5.74) is 2.25. The number of benzene rings is 1. The summed E-state index contributed by atoms with van der Waals surface area (Å²) in [4.78, 5) is 22.2. The Morgan fingerprint density at radius 1 is 1.31 bits per heavy atom. The summed E-state index contributed by atoms with van der Waals surface area (Å²) in [6.45, 7) is 3.66. The largest absolute Gasteiger partial charge is 0.487 e. The van der Waals surface area contributed by atoms with Gasteiger partial charge >= 0.3 is 0 Å². The van der Waals surface area contributed by atoms with Gasteiger partial charge < -0.3 is 20.1 Å². The molecule has 1 aromatic heterocycles. The topological polar surface area (TPSA) is 90.5 Å². The van der Waals surface area contributed by atoms with Gasteiger partial charge in [0.2, 0.25) is 5.95 Å². The van der Waals surface area contributed by atoms with Crippen LogP contribution in [0, 0.1) is 0 Å². The van der Waals surface area contributed by atoms with Crippen LogP contribution in [0.4, 0.5) is 5.95 Å². The second kappa shape index (κ2) is 7.47. The third-order valence-electron chi connectivity index (χ3n) is 5.08. The molecule has 7 nitrogen and oxygen atoms in total.